The summed E-state index contributed by atoms with van der Waals surface area (Å²) >= 11 is 0. The van der Waals surface area contributed by atoms with Crippen LogP contribution in [0.5, 0.6) is 23.0 Å². The lowest BCUT2D eigenvalue weighted by atomic mass is 10.1. The fourth-order valence-electron chi connectivity index (χ4n) is 3.67. The Balaban J connectivity index is 1.58. The molecule has 1 saturated heterocycles. The molecule has 0 radical (unpaired) electrons. The number of methoxy groups -OCH3 is 4. The Morgan fingerprint density at radius 2 is 1.36 bits per heavy atom. The minimum atomic E-state index is 0.638. The van der Waals surface area contributed by atoms with Gasteiger partial charge in [0.05, 0.1) is 34.1 Å². The highest BCUT2D eigenvalue weighted by Gasteiger charge is 2.20. The van der Waals surface area contributed by atoms with Crippen LogP contribution in [0.1, 0.15) is 5.56 Å². The number of hydrogen-bond acceptors (Lipinski definition) is 6. The van der Waals surface area contributed by atoms with E-state index in [1.165, 1.54) is 11.3 Å². The van der Waals surface area contributed by atoms with Crippen LogP contribution in [-0.4, -0.2) is 66.1 Å². The molecule has 0 saturated carbocycles. The highest BCUT2D eigenvalue weighted by Crippen LogP contribution is 2.38. The first-order valence-corrected chi connectivity index (χ1v) is 9.59. The van der Waals surface area contributed by atoms with E-state index in [4.69, 9.17) is 18.9 Å². The Labute approximate surface area is 167 Å². The maximum absolute atomic E-state index is 5.50. The van der Waals surface area contributed by atoms with Crippen molar-refractivity contribution in [2.24, 2.45) is 0 Å². The molecule has 3 rings (SSSR count). The third-order valence-electron chi connectivity index (χ3n) is 5.24. The van der Waals surface area contributed by atoms with Gasteiger partial charge in [0.25, 0.3) is 0 Å². The smallest absolute Gasteiger partial charge is 0.203 e. The lowest BCUT2D eigenvalue weighted by Gasteiger charge is -2.36. The number of anilines is 1. The molecule has 2 aromatic rings. The van der Waals surface area contributed by atoms with Crippen molar-refractivity contribution >= 4 is 5.69 Å². The van der Waals surface area contributed by atoms with Crippen LogP contribution in [0, 0.1) is 0 Å². The fraction of sp³-hybridized carbons (Fsp3) is 0.455. The van der Waals surface area contributed by atoms with Crippen molar-refractivity contribution in [3.8, 4) is 23.0 Å². The zero-order valence-electron chi connectivity index (χ0n) is 17.2. The Bertz CT molecular complexity index is 748. The molecule has 28 heavy (non-hydrogen) atoms. The lowest BCUT2D eigenvalue weighted by molar-refractivity contribution is 0.259. The van der Waals surface area contributed by atoms with Crippen molar-refractivity contribution in [2.75, 3.05) is 66.1 Å². The summed E-state index contributed by atoms with van der Waals surface area (Å²) in [6.45, 7) is 5.05. The van der Waals surface area contributed by atoms with Gasteiger partial charge in [0, 0.05) is 32.7 Å². The van der Waals surface area contributed by atoms with Crippen LogP contribution in [-0.2, 0) is 6.42 Å². The van der Waals surface area contributed by atoms with E-state index in [9.17, 15) is 0 Å². The van der Waals surface area contributed by atoms with E-state index in [0.29, 0.717) is 17.2 Å². The maximum atomic E-state index is 5.50. The maximum Gasteiger partial charge on any atom is 0.203 e. The first-order chi connectivity index (χ1) is 13.7. The molecule has 0 amide bonds. The van der Waals surface area contributed by atoms with E-state index in [1.54, 1.807) is 28.4 Å². The number of ether oxygens (including phenoxy) is 4. The molecule has 0 N–H and O–H groups in total. The van der Waals surface area contributed by atoms with Crippen molar-refractivity contribution in [3.05, 3.63) is 42.0 Å². The summed E-state index contributed by atoms with van der Waals surface area (Å²) in [7, 11) is 6.66. The molecule has 1 fully saturated rings. The van der Waals surface area contributed by atoms with Crippen LogP contribution in [0.3, 0.4) is 0 Å². The molecule has 0 aliphatic carbocycles. The van der Waals surface area contributed by atoms with Crippen LogP contribution in [0.4, 0.5) is 5.69 Å². The van der Waals surface area contributed by atoms with Gasteiger partial charge in [-0.25, -0.2) is 0 Å². The number of nitrogens with zero attached hydrogens (tertiary/aromatic N) is 2. The van der Waals surface area contributed by atoms with E-state index < -0.39 is 0 Å². The van der Waals surface area contributed by atoms with Gasteiger partial charge in [0.2, 0.25) is 5.75 Å². The average Bonchev–Trinajstić information content (AvgIpc) is 2.77. The van der Waals surface area contributed by atoms with Crippen LogP contribution < -0.4 is 23.8 Å². The predicted molar refractivity (Wildman–Crippen MR) is 111 cm³/mol. The molecule has 1 aliphatic rings. The molecule has 1 heterocycles. The second-order valence-corrected chi connectivity index (χ2v) is 6.78. The highest BCUT2D eigenvalue weighted by molar-refractivity contribution is 5.58. The van der Waals surface area contributed by atoms with Gasteiger partial charge in [-0.2, -0.15) is 0 Å². The van der Waals surface area contributed by atoms with E-state index in [0.717, 1.165) is 44.9 Å². The quantitative estimate of drug-likeness (QED) is 0.695. The topological polar surface area (TPSA) is 43.4 Å². The SMILES string of the molecule is COc1ccccc1N1CCN(CCc2cc(OC)c(OC)c(OC)c2)CC1. The normalized spacial score (nSPS) is 14.6. The molecule has 6 heteroatoms. The number of hydrogen-bond donors (Lipinski definition) is 0. The molecule has 0 atom stereocenters. The number of rotatable bonds is 8. The van der Waals surface area contributed by atoms with Gasteiger partial charge < -0.3 is 23.8 Å². The summed E-state index contributed by atoms with van der Waals surface area (Å²) in [4.78, 5) is 4.89. The Morgan fingerprint density at radius 3 is 1.93 bits per heavy atom. The van der Waals surface area contributed by atoms with Crippen molar-refractivity contribution in [3.63, 3.8) is 0 Å². The largest absolute Gasteiger partial charge is 0.495 e. The zero-order chi connectivity index (χ0) is 19.9. The Hall–Kier alpha value is -2.60. The second-order valence-electron chi connectivity index (χ2n) is 6.78. The fourth-order valence-corrected chi connectivity index (χ4v) is 3.67. The third kappa shape index (κ3) is 4.44. The average molecular weight is 386 g/mol. The molecule has 0 unspecified atom stereocenters. The van der Waals surface area contributed by atoms with Crippen molar-refractivity contribution in [2.45, 2.75) is 6.42 Å². The lowest BCUT2D eigenvalue weighted by Crippen LogP contribution is -2.47. The predicted octanol–water partition coefficient (Wildman–Crippen LogP) is 3.09. The first-order valence-electron chi connectivity index (χ1n) is 9.59. The first kappa shape index (κ1) is 20.1. The van der Waals surface area contributed by atoms with Crippen LogP contribution >= 0.6 is 0 Å². The summed E-state index contributed by atoms with van der Waals surface area (Å²) in [6.07, 6.45) is 0.936. The molecule has 6 nitrogen and oxygen atoms in total. The molecule has 0 spiro atoms. The summed E-state index contributed by atoms with van der Waals surface area (Å²) in [5.41, 5.74) is 2.36. The van der Waals surface area contributed by atoms with Gasteiger partial charge in [-0.1, -0.05) is 12.1 Å². The summed E-state index contributed by atoms with van der Waals surface area (Å²) in [6, 6.07) is 12.3. The summed E-state index contributed by atoms with van der Waals surface area (Å²) < 4.78 is 21.8. The van der Waals surface area contributed by atoms with Gasteiger partial charge in [-0.3, -0.25) is 4.90 Å². The van der Waals surface area contributed by atoms with Crippen LogP contribution in [0.25, 0.3) is 0 Å². The minimum Gasteiger partial charge on any atom is -0.495 e. The van der Waals surface area contributed by atoms with Gasteiger partial charge in [0.15, 0.2) is 11.5 Å². The van der Waals surface area contributed by atoms with Gasteiger partial charge in [-0.05, 0) is 36.2 Å². The molecule has 2 aromatic carbocycles. The number of piperazine rings is 1. The number of para-hydroxylation sites is 2. The van der Waals surface area contributed by atoms with E-state index in [2.05, 4.69) is 21.9 Å². The van der Waals surface area contributed by atoms with Gasteiger partial charge >= 0.3 is 0 Å². The molecular weight excluding hydrogens is 356 g/mol. The molecular formula is C22H30N2O4. The van der Waals surface area contributed by atoms with E-state index in [-0.39, 0.29) is 0 Å². The zero-order valence-corrected chi connectivity index (χ0v) is 17.2. The number of benzene rings is 2. The third-order valence-corrected chi connectivity index (χ3v) is 5.24. The second kappa shape index (κ2) is 9.55. The van der Waals surface area contributed by atoms with Gasteiger partial charge in [-0.15, -0.1) is 0 Å². The summed E-state index contributed by atoms with van der Waals surface area (Å²) in [5.74, 6) is 2.99. The Kier molecular flexibility index (Phi) is 6.87. The van der Waals surface area contributed by atoms with Gasteiger partial charge in [0.1, 0.15) is 5.75 Å². The molecule has 152 valence electrons. The standard InChI is InChI=1S/C22H30N2O4/c1-25-19-8-6-5-7-18(19)24-13-11-23(12-14-24)10-9-17-15-20(26-2)22(28-4)21(16-17)27-3/h5-8,15-16H,9-14H2,1-4H3. The molecule has 0 aromatic heterocycles. The van der Waals surface area contributed by atoms with Crippen molar-refractivity contribution in [1.29, 1.82) is 0 Å². The monoisotopic (exact) mass is 386 g/mol. The summed E-state index contributed by atoms with van der Waals surface area (Å²) in [5, 5.41) is 0. The van der Waals surface area contributed by atoms with Crippen LogP contribution in [0.2, 0.25) is 0 Å². The van der Waals surface area contributed by atoms with E-state index in [1.807, 2.05) is 24.3 Å². The van der Waals surface area contributed by atoms with Crippen molar-refractivity contribution < 1.29 is 18.9 Å². The van der Waals surface area contributed by atoms with Crippen LogP contribution in [0.15, 0.2) is 36.4 Å². The highest BCUT2D eigenvalue weighted by atomic mass is 16.5. The van der Waals surface area contributed by atoms with Crippen molar-refractivity contribution in [1.82, 2.24) is 4.90 Å². The Morgan fingerprint density at radius 1 is 0.750 bits per heavy atom. The molecule has 0 bridgehead atoms. The van der Waals surface area contributed by atoms with E-state index >= 15 is 0 Å². The minimum absolute atomic E-state index is 0.638. The molecule has 1 aliphatic heterocycles.